The lowest BCUT2D eigenvalue weighted by atomic mass is 9.53. The predicted molar refractivity (Wildman–Crippen MR) is 132 cm³/mol. The van der Waals surface area contributed by atoms with Crippen LogP contribution < -0.4 is 5.19 Å². The average Bonchev–Trinajstić information content (AvgIpc) is 2.72. The van der Waals surface area contributed by atoms with Gasteiger partial charge in [-0.2, -0.15) is 0 Å². The van der Waals surface area contributed by atoms with Gasteiger partial charge in [-0.15, -0.1) is 0 Å². The number of hydrogen-bond acceptors (Lipinski definition) is 1. The van der Waals surface area contributed by atoms with Crippen molar-refractivity contribution >= 4 is 25.6 Å². The second-order valence-electron chi connectivity index (χ2n) is 11.0. The van der Waals surface area contributed by atoms with Gasteiger partial charge in [0, 0.05) is 6.21 Å². The molecule has 0 saturated heterocycles. The van der Waals surface area contributed by atoms with Crippen molar-refractivity contribution in [3.05, 3.63) is 71.8 Å². The van der Waals surface area contributed by atoms with Gasteiger partial charge in [0.1, 0.15) is 0 Å². The SMILES string of the molecule is C[Si](C)(C/C(C=NC12CC3CC(CC(C3)C1)C2)=C\c1ccccc1)c1ccccc1. The van der Waals surface area contributed by atoms with E-state index in [-0.39, 0.29) is 5.54 Å². The van der Waals surface area contributed by atoms with Gasteiger partial charge in [-0.3, -0.25) is 4.99 Å². The maximum absolute atomic E-state index is 5.42. The van der Waals surface area contributed by atoms with Gasteiger partial charge in [-0.05, 0) is 73.5 Å². The Morgan fingerprint density at radius 1 is 0.867 bits per heavy atom. The van der Waals surface area contributed by atoms with Crippen LogP contribution in [-0.4, -0.2) is 19.8 Å². The van der Waals surface area contributed by atoms with Crippen LogP contribution in [-0.2, 0) is 0 Å². The lowest BCUT2D eigenvalue weighted by molar-refractivity contribution is 0.00194. The molecule has 0 amide bonds. The van der Waals surface area contributed by atoms with Crippen molar-refractivity contribution in [2.24, 2.45) is 22.7 Å². The number of benzene rings is 2. The van der Waals surface area contributed by atoms with Crippen molar-refractivity contribution in [2.75, 3.05) is 0 Å². The van der Waals surface area contributed by atoms with E-state index in [2.05, 4.69) is 86.0 Å². The van der Waals surface area contributed by atoms with E-state index < -0.39 is 8.07 Å². The van der Waals surface area contributed by atoms with Crippen molar-refractivity contribution in [1.82, 2.24) is 0 Å². The molecule has 0 spiro atoms. The van der Waals surface area contributed by atoms with E-state index in [4.69, 9.17) is 4.99 Å². The minimum atomic E-state index is -1.58. The summed E-state index contributed by atoms with van der Waals surface area (Å²) in [5, 5.41) is 1.53. The van der Waals surface area contributed by atoms with E-state index in [0.717, 1.165) is 23.8 Å². The van der Waals surface area contributed by atoms with Gasteiger partial charge in [-0.25, -0.2) is 0 Å². The third kappa shape index (κ3) is 4.25. The Morgan fingerprint density at radius 3 is 1.97 bits per heavy atom. The molecule has 0 atom stereocenters. The summed E-state index contributed by atoms with van der Waals surface area (Å²) in [4.78, 5) is 5.42. The van der Waals surface area contributed by atoms with Crippen molar-refractivity contribution in [2.45, 2.75) is 63.2 Å². The summed E-state index contributed by atoms with van der Waals surface area (Å²) in [6.07, 6.45) is 13.2. The maximum Gasteiger partial charge on any atom is 0.0849 e. The number of hydrogen-bond donors (Lipinski definition) is 0. The first-order chi connectivity index (χ1) is 14.5. The third-order valence-corrected chi connectivity index (χ3v) is 11.1. The highest BCUT2D eigenvalue weighted by Gasteiger charge is 2.50. The topological polar surface area (TPSA) is 12.4 Å². The van der Waals surface area contributed by atoms with Crippen LogP contribution in [0.15, 0.2) is 71.2 Å². The molecule has 4 saturated carbocycles. The van der Waals surface area contributed by atoms with E-state index in [1.54, 1.807) is 0 Å². The van der Waals surface area contributed by atoms with Crippen molar-refractivity contribution < 1.29 is 0 Å². The van der Waals surface area contributed by atoms with E-state index in [0.29, 0.717) is 0 Å². The quantitative estimate of drug-likeness (QED) is 0.368. The molecule has 4 aliphatic rings. The predicted octanol–water partition coefficient (Wildman–Crippen LogP) is 6.73. The molecule has 4 fully saturated rings. The number of rotatable bonds is 6. The minimum Gasteiger partial charge on any atom is -0.286 e. The van der Waals surface area contributed by atoms with Crippen LogP contribution in [0.3, 0.4) is 0 Å². The van der Waals surface area contributed by atoms with Crippen LogP contribution in [0.1, 0.15) is 44.1 Å². The van der Waals surface area contributed by atoms with Crippen LogP contribution in [0.4, 0.5) is 0 Å². The van der Waals surface area contributed by atoms with Gasteiger partial charge in [0.15, 0.2) is 0 Å². The smallest absolute Gasteiger partial charge is 0.0849 e. The zero-order valence-electron chi connectivity index (χ0n) is 18.6. The molecule has 0 aromatic heterocycles. The van der Waals surface area contributed by atoms with Crippen molar-refractivity contribution in [3.8, 4) is 0 Å². The summed E-state index contributed by atoms with van der Waals surface area (Å²) < 4.78 is 0. The first-order valence-corrected chi connectivity index (χ1v) is 15.1. The fourth-order valence-corrected chi connectivity index (χ4v) is 9.35. The normalized spacial score (nSPS) is 30.9. The zero-order valence-corrected chi connectivity index (χ0v) is 19.6. The Hall–Kier alpha value is -1.93. The molecule has 0 radical (unpaired) electrons. The van der Waals surface area contributed by atoms with Gasteiger partial charge in [0.05, 0.1) is 13.6 Å². The van der Waals surface area contributed by atoms with Crippen molar-refractivity contribution in [3.63, 3.8) is 0 Å². The number of nitrogens with zero attached hydrogens (tertiary/aromatic N) is 1. The number of aliphatic imine (C=N–C) groups is 1. The van der Waals surface area contributed by atoms with Gasteiger partial charge in [0.25, 0.3) is 0 Å². The molecule has 1 nitrogen and oxygen atoms in total. The van der Waals surface area contributed by atoms with Crippen LogP contribution in [0.25, 0.3) is 6.08 Å². The summed E-state index contributed by atoms with van der Waals surface area (Å²) in [5.41, 5.74) is 2.96. The van der Waals surface area contributed by atoms with Crippen molar-refractivity contribution in [1.29, 1.82) is 0 Å². The Morgan fingerprint density at radius 2 is 1.40 bits per heavy atom. The minimum absolute atomic E-state index is 0.253. The Bertz CT molecular complexity index is 890. The highest BCUT2D eigenvalue weighted by molar-refractivity contribution is 6.90. The molecule has 0 unspecified atom stereocenters. The number of allylic oxidation sites excluding steroid dienone is 1. The molecule has 0 N–H and O–H groups in total. The molecular weight excluding hydrogens is 378 g/mol. The molecule has 2 aromatic rings. The van der Waals surface area contributed by atoms with E-state index >= 15 is 0 Å². The third-order valence-electron chi connectivity index (χ3n) is 7.86. The van der Waals surface area contributed by atoms with Crippen LogP contribution in [0, 0.1) is 17.8 Å². The summed E-state index contributed by atoms with van der Waals surface area (Å²) in [6, 6.07) is 23.1. The Labute approximate surface area is 183 Å². The highest BCUT2D eigenvalue weighted by Crippen LogP contribution is 2.57. The molecular formula is C28H35NSi. The second-order valence-corrected chi connectivity index (χ2v) is 15.7. The second kappa shape index (κ2) is 7.96. The van der Waals surface area contributed by atoms with Gasteiger partial charge < -0.3 is 0 Å². The molecule has 30 heavy (non-hydrogen) atoms. The maximum atomic E-state index is 5.42. The Kier molecular flexibility index (Phi) is 5.31. The zero-order chi connectivity index (χ0) is 20.6. The summed E-state index contributed by atoms with van der Waals surface area (Å²) in [7, 11) is -1.58. The van der Waals surface area contributed by atoms with Gasteiger partial charge in [-0.1, -0.05) is 85.0 Å². The van der Waals surface area contributed by atoms with Gasteiger partial charge >= 0.3 is 0 Å². The monoisotopic (exact) mass is 413 g/mol. The van der Waals surface area contributed by atoms with E-state index in [1.807, 2.05) is 0 Å². The fraction of sp³-hybridized carbons (Fsp3) is 0.464. The standard InChI is InChI=1S/C28H35NSi/c1-30(2,27-11-7-4-8-12-27)21-26(13-22-9-5-3-6-10-22)20-29-28-17-23-14-24(18-28)16-25(15-23)19-28/h3-13,20,23-25H,14-19,21H2,1-2H3/b26-13-,29-20?. The molecule has 6 rings (SSSR count). The molecule has 0 aliphatic heterocycles. The van der Waals surface area contributed by atoms with E-state index in [1.165, 1.54) is 54.8 Å². The summed E-state index contributed by atoms with van der Waals surface area (Å²) >= 11 is 0. The molecule has 4 bridgehead atoms. The molecule has 2 aromatic carbocycles. The first kappa shape index (κ1) is 20.0. The average molecular weight is 414 g/mol. The molecule has 156 valence electrons. The van der Waals surface area contributed by atoms with Crippen LogP contribution >= 0.6 is 0 Å². The summed E-state index contributed by atoms with van der Waals surface area (Å²) in [6.45, 7) is 5.00. The fourth-order valence-electron chi connectivity index (χ4n) is 6.84. The first-order valence-electron chi connectivity index (χ1n) is 11.9. The largest absolute Gasteiger partial charge is 0.286 e. The van der Waals surface area contributed by atoms with Crippen LogP contribution in [0.5, 0.6) is 0 Å². The van der Waals surface area contributed by atoms with E-state index in [9.17, 15) is 0 Å². The van der Waals surface area contributed by atoms with Gasteiger partial charge in [0.2, 0.25) is 0 Å². The lowest BCUT2D eigenvalue weighted by Gasteiger charge is -2.55. The molecule has 0 heterocycles. The lowest BCUT2D eigenvalue weighted by Crippen LogP contribution is -2.49. The highest BCUT2D eigenvalue weighted by atomic mass is 28.3. The molecule has 4 aliphatic carbocycles. The Balaban J connectivity index is 1.43. The van der Waals surface area contributed by atoms with Crippen LogP contribution in [0.2, 0.25) is 19.1 Å². The summed E-state index contributed by atoms with van der Waals surface area (Å²) in [5.74, 6) is 2.85. The molecule has 2 heteroatoms.